The third-order valence-corrected chi connectivity index (χ3v) is 5.78. The van der Waals surface area contributed by atoms with Gasteiger partial charge in [-0.15, -0.1) is 0 Å². The van der Waals surface area contributed by atoms with E-state index in [1.54, 1.807) is 36.4 Å². The van der Waals surface area contributed by atoms with Gasteiger partial charge in [-0.25, -0.2) is 0 Å². The highest BCUT2D eigenvalue weighted by atomic mass is 32.2. The zero-order valence-corrected chi connectivity index (χ0v) is 15.2. The second-order valence-electron chi connectivity index (χ2n) is 4.89. The topological polar surface area (TPSA) is 76.0 Å². The fourth-order valence-electron chi connectivity index (χ4n) is 2.00. The van der Waals surface area contributed by atoms with Crippen LogP contribution in [0.25, 0.3) is 0 Å². The first-order valence-electron chi connectivity index (χ1n) is 7.09. The Morgan fingerprint density at radius 1 is 1.12 bits per heavy atom. The van der Waals surface area contributed by atoms with Gasteiger partial charge in [-0.05, 0) is 24.3 Å². The molecule has 0 bridgehead atoms. The highest BCUT2D eigenvalue weighted by Crippen LogP contribution is 2.23. The molecular formula is C16H12N2O4S3. The van der Waals surface area contributed by atoms with E-state index in [0.717, 1.165) is 5.01 Å². The molecule has 0 unspecified atom stereocenters. The molecule has 0 aliphatic carbocycles. The quantitative estimate of drug-likeness (QED) is 0.442. The molecule has 2 aromatic rings. The summed E-state index contributed by atoms with van der Waals surface area (Å²) in [5.74, 6) is 0.137. The first-order chi connectivity index (χ1) is 12.0. The van der Waals surface area contributed by atoms with Crippen molar-refractivity contribution in [2.75, 3.05) is 5.75 Å². The van der Waals surface area contributed by atoms with Gasteiger partial charge in [-0.2, -0.15) is 18.5 Å². The third kappa shape index (κ3) is 4.06. The first-order valence-corrected chi connectivity index (χ1v) is 9.90. The fraction of sp³-hybridized carbons (Fsp3) is 0.0625. The van der Waals surface area contributed by atoms with Gasteiger partial charge in [0.2, 0.25) is 0 Å². The molecule has 1 aliphatic heterocycles. The minimum absolute atomic E-state index is 0.0500. The number of hydrogen-bond donors (Lipinski definition) is 0. The van der Waals surface area contributed by atoms with Crippen molar-refractivity contribution in [3.8, 4) is 5.75 Å². The maximum absolute atomic E-state index is 12.4. The van der Waals surface area contributed by atoms with Crippen molar-refractivity contribution in [1.29, 1.82) is 0 Å². The van der Waals surface area contributed by atoms with Crippen LogP contribution in [0.4, 0.5) is 0 Å². The molecular weight excluding hydrogens is 380 g/mol. The number of amides is 1. The number of thiocarbonyl (C=S) groups is 1. The van der Waals surface area contributed by atoms with E-state index in [0.29, 0.717) is 9.88 Å². The molecule has 9 heteroatoms. The van der Waals surface area contributed by atoms with Gasteiger partial charge < -0.3 is 4.18 Å². The average molecular weight is 392 g/mol. The van der Waals surface area contributed by atoms with Crippen LogP contribution >= 0.6 is 24.0 Å². The number of benzene rings is 2. The normalized spacial score (nSPS) is 15.1. The summed E-state index contributed by atoms with van der Waals surface area (Å²) in [5.41, 5.74) is 0.412. The minimum Gasteiger partial charge on any atom is -0.378 e. The lowest BCUT2D eigenvalue weighted by Gasteiger charge is -2.10. The number of carbonyl (C=O) groups excluding carboxylic acids is 1. The summed E-state index contributed by atoms with van der Waals surface area (Å²) in [6.45, 7) is 0. The van der Waals surface area contributed by atoms with Gasteiger partial charge in [0.25, 0.3) is 5.91 Å². The number of hydrogen-bond acceptors (Lipinski definition) is 7. The predicted molar refractivity (Wildman–Crippen MR) is 100 cm³/mol. The molecule has 2 aromatic carbocycles. The summed E-state index contributed by atoms with van der Waals surface area (Å²) >= 11 is 6.27. The molecule has 3 rings (SSSR count). The molecule has 1 aliphatic rings. The standard InChI is InChI=1S/C16H12N2O4S3/c19-15-11-24-16(23)18(15)17-10-12-6-4-5-9-14(12)22-25(20,21)13-7-2-1-3-8-13/h1-10H,11H2/b17-10-. The monoisotopic (exact) mass is 392 g/mol. The Labute approximate surface area is 154 Å². The molecule has 0 spiro atoms. The molecule has 25 heavy (non-hydrogen) atoms. The van der Waals surface area contributed by atoms with E-state index in [1.807, 2.05) is 0 Å². The lowest BCUT2D eigenvalue weighted by Crippen LogP contribution is -2.22. The zero-order chi connectivity index (χ0) is 17.9. The van der Waals surface area contributed by atoms with E-state index in [-0.39, 0.29) is 22.3 Å². The van der Waals surface area contributed by atoms with Crippen molar-refractivity contribution in [2.45, 2.75) is 4.90 Å². The van der Waals surface area contributed by atoms with E-state index in [1.165, 1.54) is 36.2 Å². The number of nitrogens with zero attached hydrogens (tertiary/aromatic N) is 2. The van der Waals surface area contributed by atoms with Crippen molar-refractivity contribution >= 4 is 50.5 Å². The van der Waals surface area contributed by atoms with Gasteiger partial charge in [0, 0.05) is 5.56 Å². The minimum atomic E-state index is -3.97. The second-order valence-corrected chi connectivity index (χ2v) is 8.05. The molecule has 0 N–H and O–H groups in total. The summed E-state index contributed by atoms with van der Waals surface area (Å²) in [7, 11) is -3.97. The van der Waals surface area contributed by atoms with E-state index in [9.17, 15) is 13.2 Å². The van der Waals surface area contributed by atoms with Crippen LogP contribution in [0.3, 0.4) is 0 Å². The van der Waals surface area contributed by atoms with E-state index in [4.69, 9.17) is 16.4 Å². The first kappa shape index (κ1) is 17.6. The van der Waals surface area contributed by atoms with Crippen molar-refractivity contribution < 1.29 is 17.4 Å². The van der Waals surface area contributed by atoms with Gasteiger partial charge in [0.1, 0.15) is 4.90 Å². The predicted octanol–water partition coefficient (Wildman–Crippen LogP) is 2.65. The molecule has 1 fully saturated rings. The molecule has 1 saturated heterocycles. The Kier molecular flexibility index (Phi) is 5.16. The van der Waals surface area contributed by atoms with Crippen LogP contribution in [-0.2, 0) is 14.9 Å². The zero-order valence-electron chi connectivity index (χ0n) is 12.7. The Bertz CT molecular complexity index is 927. The van der Waals surface area contributed by atoms with Crippen molar-refractivity contribution in [1.82, 2.24) is 5.01 Å². The smallest absolute Gasteiger partial charge is 0.339 e. The molecule has 1 heterocycles. The number of rotatable bonds is 5. The van der Waals surface area contributed by atoms with E-state index in [2.05, 4.69) is 5.10 Å². The third-order valence-electron chi connectivity index (χ3n) is 3.19. The molecule has 1 amide bonds. The molecule has 6 nitrogen and oxygen atoms in total. The Hall–Kier alpha value is -2.23. The largest absolute Gasteiger partial charge is 0.378 e. The highest BCUT2D eigenvalue weighted by molar-refractivity contribution is 8.23. The van der Waals surface area contributed by atoms with Gasteiger partial charge in [0.15, 0.2) is 10.1 Å². The van der Waals surface area contributed by atoms with Gasteiger partial charge in [-0.3, -0.25) is 4.79 Å². The maximum Gasteiger partial charge on any atom is 0.339 e. The number of thioether (sulfide) groups is 1. The summed E-state index contributed by atoms with van der Waals surface area (Å²) in [5, 5.41) is 5.15. The highest BCUT2D eigenvalue weighted by Gasteiger charge is 2.26. The Balaban J connectivity index is 1.87. The number of hydrazone groups is 1. The lowest BCUT2D eigenvalue weighted by molar-refractivity contribution is -0.123. The van der Waals surface area contributed by atoms with Crippen molar-refractivity contribution in [3.63, 3.8) is 0 Å². The SMILES string of the molecule is O=C1CSC(=S)N1/N=C\c1ccccc1OS(=O)(=O)c1ccccc1. The van der Waals surface area contributed by atoms with Crippen LogP contribution in [-0.4, -0.2) is 35.6 Å². The summed E-state index contributed by atoms with van der Waals surface area (Å²) < 4.78 is 30.3. The van der Waals surface area contributed by atoms with Crippen LogP contribution in [0.15, 0.2) is 64.6 Å². The maximum atomic E-state index is 12.4. The fourth-order valence-corrected chi connectivity index (χ4v) is 3.94. The molecule has 128 valence electrons. The number of para-hydroxylation sites is 1. The van der Waals surface area contributed by atoms with Crippen LogP contribution < -0.4 is 4.18 Å². The Morgan fingerprint density at radius 2 is 1.80 bits per heavy atom. The van der Waals surface area contributed by atoms with Crippen molar-refractivity contribution in [2.24, 2.45) is 5.10 Å². The summed E-state index contributed by atoms with van der Waals surface area (Å²) in [6, 6.07) is 14.3. The average Bonchev–Trinajstić information content (AvgIpc) is 2.93. The van der Waals surface area contributed by atoms with E-state index >= 15 is 0 Å². The molecule has 0 saturated carbocycles. The van der Waals surface area contributed by atoms with Gasteiger partial charge in [-0.1, -0.05) is 54.3 Å². The second kappa shape index (κ2) is 7.34. The lowest BCUT2D eigenvalue weighted by atomic mass is 10.2. The van der Waals surface area contributed by atoms with Crippen LogP contribution in [0.1, 0.15) is 5.56 Å². The van der Waals surface area contributed by atoms with Gasteiger partial charge in [0.05, 0.1) is 12.0 Å². The Morgan fingerprint density at radius 3 is 2.48 bits per heavy atom. The number of carbonyl (C=O) groups is 1. The molecule has 0 aromatic heterocycles. The summed E-state index contributed by atoms with van der Waals surface area (Å²) in [4.78, 5) is 11.7. The van der Waals surface area contributed by atoms with E-state index < -0.39 is 10.1 Å². The van der Waals surface area contributed by atoms with Crippen LogP contribution in [0, 0.1) is 0 Å². The van der Waals surface area contributed by atoms with Crippen molar-refractivity contribution in [3.05, 3.63) is 60.2 Å². The van der Waals surface area contributed by atoms with Gasteiger partial charge >= 0.3 is 10.1 Å². The molecule has 0 radical (unpaired) electrons. The van der Waals surface area contributed by atoms with Crippen LogP contribution in [0.2, 0.25) is 0 Å². The van der Waals surface area contributed by atoms with Crippen LogP contribution in [0.5, 0.6) is 5.75 Å². The summed E-state index contributed by atoms with van der Waals surface area (Å²) in [6.07, 6.45) is 1.35. The molecule has 0 atom stereocenters.